The molecule has 0 radical (unpaired) electrons. The van der Waals surface area contributed by atoms with E-state index < -0.39 is 5.54 Å². The van der Waals surface area contributed by atoms with E-state index >= 15 is 0 Å². The van der Waals surface area contributed by atoms with Crippen molar-refractivity contribution in [2.45, 2.75) is 32.1 Å². The molecule has 9 heteroatoms. The fraction of sp³-hybridized carbons (Fsp3) is 0.258. The molecule has 0 fully saturated rings. The zero-order valence-corrected chi connectivity index (χ0v) is 23.0. The molecule has 206 valence electrons. The number of nitrogens with one attached hydrogen (secondary N) is 1. The van der Waals surface area contributed by atoms with Crippen LogP contribution >= 0.6 is 0 Å². The van der Waals surface area contributed by atoms with Crippen LogP contribution in [0.2, 0.25) is 0 Å². The predicted molar refractivity (Wildman–Crippen MR) is 150 cm³/mol. The minimum Gasteiger partial charge on any atom is -0.497 e. The molecule has 1 N–H and O–H groups in total. The van der Waals surface area contributed by atoms with Crippen molar-refractivity contribution in [1.82, 2.24) is 20.0 Å². The van der Waals surface area contributed by atoms with Gasteiger partial charge in [0.25, 0.3) is 5.91 Å². The molecule has 4 aromatic rings. The van der Waals surface area contributed by atoms with Crippen molar-refractivity contribution < 1.29 is 23.8 Å². The molecule has 0 spiro atoms. The highest BCUT2D eigenvalue weighted by molar-refractivity contribution is 6.00. The second-order valence-corrected chi connectivity index (χ2v) is 9.81. The van der Waals surface area contributed by atoms with Gasteiger partial charge >= 0.3 is 0 Å². The molecule has 1 aliphatic rings. The topological polar surface area (TPSA) is 94.9 Å². The van der Waals surface area contributed by atoms with E-state index in [1.165, 1.54) is 0 Å². The normalized spacial score (nSPS) is 16.3. The average Bonchev–Trinajstić information content (AvgIpc) is 3.42. The Kier molecular flexibility index (Phi) is 7.46. The summed E-state index contributed by atoms with van der Waals surface area (Å²) in [4.78, 5) is 29.5. The van der Waals surface area contributed by atoms with Crippen LogP contribution in [0.25, 0.3) is 11.3 Å². The molecule has 1 atom stereocenters. The number of fused-ring (bicyclic) bond motifs is 1. The van der Waals surface area contributed by atoms with Gasteiger partial charge in [0.05, 0.1) is 40.1 Å². The lowest BCUT2D eigenvalue weighted by Crippen LogP contribution is -2.63. The Morgan fingerprint density at radius 1 is 0.925 bits per heavy atom. The molecule has 9 nitrogen and oxygen atoms in total. The molecule has 1 aliphatic heterocycles. The second-order valence-electron chi connectivity index (χ2n) is 9.81. The number of ether oxygens (including phenoxy) is 3. The highest BCUT2D eigenvalue weighted by Gasteiger charge is 2.48. The van der Waals surface area contributed by atoms with Crippen LogP contribution in [0.1, 0.15) is 28.5 Å². The summed E-state index contributed by atoms with van der Waals surface area (Å²) in [5.74, 6) is 1.36. The van der Waals surface area contributed by atoms with Crippen LogP contribution in [0.15, 0.2) is 78.9 Å². The monoisotopic (exact) mass is 540 g/mol. The number of hydrogen-bond acceptors (Lipinski definition) is 6. The van der Waals surface area contributed by atoms with E-state index in [1.54, 1.807) is 50.0 Å². The Bertz CT molecular complexity index is 1520. The van der Waals surface area contributed by atoms with Gasteiger partial charge in [0.2, 0.25) is 5.91 Å². The minimum absolute atomic E-state index is 0.157. The number of rotatable bonds is 9. The first kappa shape index (κ1) is 26.8. The Morgan fingerprint density at radius 2 is 1.62 bits per heavy atom. The number of carbonyl (C=O) groups excluding carboxylic acids is 2. The Labute approximate surface area is 233 Å². The first-order chi connectivity index (χ1) is 19.4. The van der Waals surface area contributed by atoms with Crippen LogP contribution in [-0.2, 0) is 24.4 Å². The summed E-state index contributed by atoms with van der Waals surface area (Å²) in [5.41, 5.74) is 2.38. The molecule has 1 aromatic heterocycles. The summed E-state index contributed by atoms with van der Waals surface area (Å²) in [6, 6.07) is 24.3. The Morgan fingerprint density at radius 3 is 2.30 bits per heavy atom. The Balaban J connectivity index is 1.52. The van der Waals surface area contributed by atoms with E-state index in [4.69, 9.17) is 19.3 Å². The van der Waals surface area contributed by atoms with Gasteiger partial charge in [-0.1, -0.05) is 30.3 Å². The van der Waals surface area contributed by atoms with E-state index in [0.29, 0.717) is 29.4 Å². The molecular formula is C31H32N4O5. The van der Waals surface area contributed by atoms with E-state index in [-0.39, 0.29) is 24.9 Å². The van der Waals surface area contributed by atoms with E-state index in [0.717, 1.165) is 22.4 Å². The molecule has 5 rings (SSSR count). The minimum atomic E-state index is -1.23. The summed E-state index contributed by atoms with van der Waals surface area (Å²) in [6.07, 6.45) is 0. The number of amides is 2. The third kappa shape index (κ3) is 5.10. The van der Waals surface area contributed by atoms with E-state index in [9.17, 15) is 9.59 Å². The van der Waals surface area contributed by atoms with Crippen LogP contribution in [0.3, 0.4) is 0 Å². The molecule has 40 heavy (non-hydrogen) atoms. The van der Waals surface area contributed by atoms with Gasteiger partial charge in [-0.05, 0) is 55.0 Å². The summed E-state index contributed by atoms with van der Waals surface area (Å²) in [6.45, 7) is 2.46. The summed E-state index contributed by atoms with van der Waals surface area (Å²) >= 11 is 0. The van der Waals surface area contributed by atoms with Crippen molar-refractivity contribution in [3.63, 3.8) is 0 Å². The van der Waals surface area contributed by atoms with Crippen LogP contribution < -0.4 is 19.5 Å². The summed E-state index contributed by atoms with van der Waals surface area (Å²) < 4.78 is 17.8. The zero-order valence-electron chi connectivity index (χ0n) is 23.0. The first-order valence-electron chi connectivity index (χ1n) is 12.9. The van der Waals surface area contributed by atoms with Gasteiger partial charge in [-0.25, -0.2) is 0 Å². The molecular weight excluding hydrogens is 508 g/mol. The number of methoxy groups -OCH3 is 3. The zero-order chi connectivity index (χ0) is 28.3. The quantitative estimate of drug-likeness (QED) is 0.340. The SMILES string of the molecule is COc1ccc(-c2cc3n(n2)CC(C)(C(=O)NCc2ccccc2)N(Cc2ccc(OC)cc2OC)C3=O)cc1. The smallest absolute Gasteiger partial charge is 0.273 e. The standard InChI is InChI=1S/C31H32N4O5/c1-31(30(37)32-18-21-8-6-5-7-9-21)20-35-27(17-26(33-35)22-10-13-24(38-2)14-11-22)29(36)34(31)19-23-12-15-25(39-3)16-28(23)40-4/h5-17H,18-20H2,1-4H3,(H,32,37). The number of hydrogen-bond donors (Lipinski definition) is 1. The molecule has 0 aliphatic carbocycles. The van der Waals surface area contributed by atoms with E-state index in [2.05, 4.69) is 5.32 Å². The number of carbonyl (C=O) groups is 2. The largest absolute Gasteiger partial charge is 0.497 e. The van der Waals surface area contributed by atoms with Gasteiger partial charge < -0.3 is 24.4 Å². The lowest BCUT2D eigenvalue weighted by Gasteiger charge is -2.43. The molecule has 0 saturated heterocycles. The maximum atomic E-state index is 14.1. The Hall–Kier alpha value is -4.79. The van der Waals surface area contributed by atoms with Gasteiger partial charge in [-0.2, -0.15) is 5.10 Å². The number of nitrogens with zero attached hydrogens (tertiary/aromatic N) is 3. The molecule has 0 saturated carbocycles. The molecule has 0 bridgehead atoms. The first-order valence-corrected chi connectivity index (χ1v) is 12.9. The predicted octanol–water partition coefficient (Wildman–Crippen LogP) is 4.31. The lowest BCUT2D eigenvalue weighted by molar-refractivity contribution is -0.133. The van der Waals surface area contributed by atoms with Crippen LogP contribution in [0, 0.1) is 0 Å². The van der Waals surface area contributed by atoms with Crippen LogP contribution in [-0.4, -0.2) is 53.4 Å². The average molecular weight is 541 g/mol. The van der Waals surface area contributed by atoms with Crippen molar-refractivity contribution >= 4 is 11.8 Å². The van der Waals surface area contributed by atoms with Gasteiger partial charge in [0.15, 0.2) is 0 Å². The van der Waals surface area contributed by atoms with E-state index in [1.807, 2.05) is 66.7 Å². The highest BCUT2D eigenvalue weighted by atomic mass is 16.5. The number of benzene rings is 3. The third-order valence-corrected chi connectivity index (χ3v) is 7.29. The fourth-order valence-corrected chi connectivity index (χ4v) is 4.91. The van der Waals surface area contributed by atoms with Crippen LogP contribution in [0.4, 0.5) is 0 Å². The lowest BCUT2D eigenvalue weighted by atomic mass is 9.93. The van der Waals surface area contributed by atoms with Crippen molar-refractivity contribution in [3.8, 4) is 28.5 Å². The highest BCUT2D eigenvalue weighted by Crippen LogP contribution is 2.34. The van der Waals surface area contributed by atoms with Gasteiger partial charge in [-0.3, -0.25) is 14.3 Å². The van der Waals surface area contributed by atoms with Crippen molar-refractivity contribution in [1.29, 1.82) is 0 Å². The summed E-state index contributed by atoms with van der Waals surface area (Å²) in [7, 11) is 4.76. The van der Waals surface area contributed by atoms with Crippen molar-refractivity contribution in [3.05, 3.63) is 95.7 Å². The van der Waals surface area contributed by atoms with Crippen molar-refractivity contribution in [2.75, 3.05) is 21.3 Å². The molecule has 2 amide bonds. The van der Waals surface area contributed by atoms with Gasteiger partial charge in [-0.15, -0.1) is 0 Å². The maximum absolute atomic E-state index is 14.1. The van der Waals surface area contributed by atoms with Crippen LogP contribution in [0.5, 0.6) is 17.2 Å². The molecule has 3 aromatic carbocycles. The van der Waals surface area contributed by atoms with Gasteiger partial charge in [0, 0.05) is 23.7 Å². The number of aromatic nitrogens is 2. The maximum Gasteiger partial charge on any atom is 0.273 e. The summed E-state index contributed by atoms with van der Waals surface area (Å²) in [5, 5.41) is 7.76. The third-order valence-electron chi connectivity index (χ3n) is 7.29. The fourth-order valence-electron chi connectivity index (χ4n) is 4.91. The second kappa shape index (κ2) is 11.1. The molecule has 2 heterocycles. The molecule has 1 unspecified atom stereocenters. The van der Waals surface area contributed by atoms with Gasteiger partial charge in [0.1, 0.15) is 28.5 Å². The van der Waals surface area contributed by atoms with Crippen molar-refractivity contribution in [2.24, 2.45) is 0 Å².